The van der Waals surface area contributed by atoms with Gasteiger partial charge in [-0.25, -0.2) is 4.79 Å². The molecule has 0 radical (unpaired) electrons. The van der Waals surface area contributed by atoms with Gasteiger partial charge in [0.15, 0.2) is 5.69 Å². The first kappa shape index (κ1) is 11.8. The normalized spacial score (nSPS) is 10.1. The number of aromatic nitrogens is 3. The molecule has 0 spiro atoms. The van der Waals surface area contributed by atoms with E-state index in [9.17, 15) is 9.59 Å². The highest BCUT2D eigenvalue weighted by Crippen LogP contribution is 2.10. The van der Waals surface area contributed by atoms with Gasteiger partial charge in [-0.2, -0.15) is 5.10 Å². The highest BCUT2D eigenvalue weighted by Gasteiger charge is 2.20. The topological polar surface area (TPSA) is 97.1 Å². The lowest BCUT2D eigenvalue weighted by Crippen LogP contribution is -2.16. The van der Waals surface area contributed by atoms with E-state index in [4.69, 9.17) is 5.11 Å². The molecule has 2 rings (SSSR count). The fraction of sp³-hybridized carbons (Fsp3) is 0.0909. The summed E-state index contributed by atoms with van der Waals surface area (Å²) in [6.45, 7) is 0. The Bertz CT molecular complexity index is 592. The van der Waals surface area contributed by atoms with E-state index >= 15 is 0 Å². The average Bonchev–Trinajstić information content (AvgIpc) is 2.73. The maximum atomic E-state index is 11.9. The summed E-state index contributed by atoms with van der Waals surface area (Å²) in [5.74, 6) is -1.76. The Kier molecular flexibility index (Phi) is 3.05. The molecule has 2 heterocycles. The molecule has 7 nitrogen and oxygen atoms in total. The monoisotopic (exact) mass is 246 g/mol. The number of pyridine rings is 1. The molecule has 18 heavy (non-hydrogen) atoms. The predicted molar refractivity (Wildman–Crippen MR) is 62.4 cm³/mol. The van der Waals surface area contributed by atoms with Crippen molar-refractivity contribution in [1.82, 2.24) is 14.8 Å². The number of anilines is 1. The molecule has 0 saturated carbocycles. The van der Waals surface area contributed by atoms with Crippen LogP contribution in [0, 0.1) is 0 Å². The van der Waals surface area contributed by atoms with Crippen molar-refractivity contribution < 1.29 is 14.7 Å². The van der Waals surface area contributed by atoms with Crippen LogP contribution in [-0.4, -0.2) is 31.7 Å². The number of aryl methyl sites for hydroxylation is 1. The number of hydrogen-bond acceptors (Lipinski definition) is 4. The van der Waals surface area contributed by atoms with Crippen molar-refractivity contribution >= 4 is 17.6 Å². The summed E-state index contributed by atoms with van der Waals surface area (Å²) in [6.07, 6.45) is 4.32. The SMILES string of the molecule is Cn1cc(C(=O)O)c(C(=O)Nc2ccncc2)n1. The number of carboxylic acid groups (broad SMARTS) is 1. The first-order valence-electron chi connectivity index (χ1n) is 5.06. The predicted octanol–water partition coefficient (Wildman–Crippen LogP) is 0.766. The molecule has 0 saturated heterocycles. The Hall–Kier alpha value is -2.70. The Morgan fingerprint density at radius 3 is 2.61 bits per heavy atom. The molecule has 0 aliphatic heterocycles. The van der Waals surface area contributed by atoms with Crippen molar-refractivity contribution in [3.8, 4) is 0 Å². The zero-order valence-corrected chi connectivity index (χ0v) is 9.49. The summed E-state index contributed by atoms with van der Waals surface area (Å²) in [7, 11) is 1.55. The van der Waals surface area contributed by atoms with Gasteiger partial charge < -0.3 is 10.4 Å². The molecule has 92 valence electrons. The number of carbonyl (C=O) groups excluding carboxylic acids is 1. The maximum absolute atomic E-state index is 11.9. The number of aromatic carboxylic acids is 1. The second-order valence-electron chi connectivity index (χ2n) is 3.56. The largest absolute Gasteiger partial charge is 0.478 e. The van der Waals surface area contributed by atoms with Gasteiger partial charge in [-0.1, -0.05) is 0 Å². The first-order valence-corrected chi connectivity index (χ1v) is 5.06. The Morgan fingerprint density at radius 1 is 1.33 bits per heavy atom. The lowest BCUT2D eigenvalue weighted by molar-refractivity contribution is 0.0692. The third-order valence-electron chi connectivity index (χ3n) is 2.21. The van der Waals surface area contributed by atoms with Gasteiger partial charge in [-0.3, -0.25) is 14.5 Å². The van der Waals surface area contributed by atoms with Crippen molar-refractivity contribution in [1.29, 1.82) is 0 Å². The van der Waals surface area contributed by atoms with Crippen LogP contribution in [0.1, 0.15) is 20.8 Å². The lowest BCUT2D eigenvalue weighted by atomic mass is 10.2. The van der Waals surface area contributed by atoms with Crippen molar-refractivity contribution in [3.05, 3.63) is 42.0 Å². The van der Waals surface area contributed by atoms with Gasteiger partial charge in [0.1, 0.15) is 5.56 Å². The number of hydrogen-bond donors (Lipinski definition) is 2. The summed E-state index contributed by atoms with van der Waals surface area (Å²) < 4.78 is 1.28. The molecular formula is C11H10N4O3. The van der Waals surface area contributed by atoms with Gasteiger partial charge in [0.25, 0.3) is 5.91 Å². The maximum Gasteiger partial charge on any atom is 0.339 e. The molecule has 0 aliphatic carbocycles. The van der Waals surface area contributed by atoms with E-state index in [0.29, 0.717) is 5.69 Å². The lowest BCUT2D eigenvalue weighted by Gasteiger charge is -2.02. The van der Waals surface area contributed by atoms with E-state index in [2.05, 4.69) is 15.4 Å². The second-order valence-corrected chi connectivity index (χ2v) is 3.56. The van der Waals surface area contributed by atoms with Crippen LogP contribution in [0.25, 0.3) is 0 Å². The van der Waals surface area contributed by atoms with Gasteiger partial charge in [-0.05, 0) is 12.1 Å². The number of rotatable bonds is 3. The Morgan fingerprint density at radius 2 is 2.00 bits per heavy atom. The third kappa shape index (κ3) is 2.34. The van der Waals surface area contributed by atoms with E-state index in [1.165, 1.54) is 23.3 Å². The van der Waals surface area contributed by atoms with E-state index in [1.807, 2.05) is 0 Å². The minimum Gasteiger partial charge on any atom is -0.478 e. The van der Waals surface area contributed by atoms with Gasteiger partial charge in [0.05, 0.1) is 0 Å². The van der Waals surface area contributed by atoms with Crippen molar-refractivity contribution in [3.63, 3.8) is 0 Å². The minimum atomic E-state index is -1.19. The van der Waals surface area contributed by atoms with E-state index < -0.39 is 11.9 Å². The zero-order chi connectivity index (χ0) is 13.1. The highest BCUT2D eigenvalue weighted by molar-refractivity contribution is 6.09. The molecule has 7 heteroatoms. The molecule has 2 N–H and O–H groups in total. The number of carbonyl (C=O) groups is 2. The summed E-state index contributed by atoms with van der Waals surface area (Å²) in [5.41, 5.74) is 0.267. The second kappa shape index (κ2) is 4.66. The molecule has 0 aromatic carbocycles. The van der Waals surface area contributed by atoms with Crippen LogP contribution in [0.2, 0.25) is 0 Å². The summed E-state index contributed by atoms with van der Waals surface area (Å²) in [4.78, 5) is 26.6. The molecule has 0 bridgehead atoms. The van der Waals surface area contributed by atoms with Crippen LogP contribution in [0.15, 0.2) is 30.7 Å². The Labute approximate surface area is 102 Å². The van der Waals surface area contributed by atoms with E-state index in [1.54, 1.807) is 19.2 Å². The van der Waals surface area contributed by atoms with Crippen LogP contribution >= 0.6 is 0 Å². The van der Waals surface area contributed by atoms with Gasteiger partial charge in [-0.15, -0.1) is 0 Å². The summed E-state index contributed by atoms with van der Waals surface area (Å²) in [6, 6.07) is 3.20. The smallest absolute Gasteiger partial charge is 0.339 e. The molecule has 0 aliphatic rings. The van der Waals surface area contributed by atoms with Crippen molar-refractivity contribution in [2.75, 3.05) is 5.32 Å². The Balaban J connectivity index is 2.27. The van der Waals surface area contributed by atoms with Crippen LogP contribution in [-0.2, 0) is 7.05 Å². The number of nitrogens with one attached hydrogen (secondary N) is 1. The van der Waals surface area contributed by atoms with Gasteiger partial charge in [0.2, 0.25) is 0 Å². The third-order valence-corrected chi connectivity index (χ3v) is 2.21. The highest BCUT2D eigenvalue weighted by atomic mass is 16.4. The molecule has 0 unspecified atom stereocenters. The molecule has 1 amide bonds. The van der Waals surface area contributed by atoms with E-state index in [0.717, 1.165) is 0 Å². The van der Waals surface area contributed by atoms with Gasteiger partial charge in [0, 0.05) is 31.3 Å². The summed E-state index contributed by atoms with van der Waals surface area (Å²) in [5, 5.41) is 15.3. The fourth-order valence-electron chi connectivity index (χ4n) is 1.44. The van der Waals surface area contributed by atoms with Crippen LogP contribution in [0.5, 0.6) is 0 Å². The van der Waals surface area contributed by atoms with Crippen LogP contribution in [0.3, 0.4) is 0 Å². The zero-order valence-electron chi connectivity index (χ0n) is 9.49. The fourth-order valence-corrected chi connectivity index (χ4v) is 1.44. The summed E-state index contributed by atoms with van der Waals surface area (Å²) >= 11 is 0. The molecule has 2 aromatic rings. The van der Waals surface area contributed by atoms with Crippen molar-refractivity contribution in [2.24, 2.45) is 7.05 Å². The molecule has 0 atom stereocenters. The minimum absolute atomic E-state index is 0.123. The van der Waals surface area contributed by atoms with Crippen LogP contribution in [0.4, 0.5) is 5.69 Å². The van der Waals surface area contributed by atoms with Crippen LogP contribution < -0.4 is 5.32 Å². The number of amides is 1. The quantitative estimate of drug-likeness (QED) is 0.833. The standard InChI is InChI=1S/C11H10N4O3/c1-15-6-8(11(17)18)9(14-15)10(16)13-7-2-4-12-5-3-7/h2-6H,1H3,(H,17,18)(H,12,13,16). The molecular weight excluding hydrogens is 236 g/mol. The number of nitrogens with zero attached hydrogens (tertiary/aromatic N) is 3. The van der Waals surface area contributed by atoms with Crippen molar-refractivity contribution in [2.45, 2.75) is 0 Å². The van der Waals surface area contributed by atoms with E-state index in [-0.39, 0.29) is 11.3 Å². The van der Waals surface area contributed by atoms with Gasteiger partial charge >= 0.3 is 5.97 Å². The number of carboxylic acids is 1. The average molecular weight is 246 g/mol. The molecule has 0 fully saturated rings. The first-order chi connectivity index (χ1) is 8.58. The molecule has 2 aromatic heterocycles.